The molecule has 0 N–H and O–H groups in total. The van der Waals surface area contributed by atoms with Gasteiger partial charge in [0.05, 0.1) is 12.9 Å². The Balaban J connectivity index is 2.09. The molecule has 4 heteroatoms. The molecule has 0 atom stereocenters. The first-order valence-electron chi connectivity index (χ1n) is 4.56. The molecule has 0 aliphatic carbocycles. The fraction of sp³-hybridized carbons (Fsp3) is 0.200. The number of hydrogen-bond donors (Lipinski definition) is 0. The third-order valence-corrected chi connectivity index (χ3v) is 2.22. The Morgan fingerprint density at radius 2 is 2.21 bits per heavy atom. The van der Waals surface area contributed by atoms with Crippen LogP contribution in [0.1, 0.15) is 0 Å². The van der Waals surface area contributed by atoms with Crippen LogP contribution < -0.4 is 4.90 Å². The van der Waals surface area contributed by atoms with Gasteiger partial charge in [0.1, 0.15) is 5.52 Å². The highest BCUT2D eigenvalue weighted by Gasteiger charge is 2.14. The molecule has 0 unspecified atom stereocenters. The number of para-hydroxylation sites is 2. The quantitative estimate of drug-likeness (QED) is 0.682. The van der Waals surface area contributed by atoms with Gasteiger partial charge < -0.3 is 4.42 Å². The Bertz CT molecular complexity index is 456. The number of rotatable bonds is 1. The van der Waals surface area contributed by atoms with Crippen molar-refractivity contribution < 1.29 is 4.42 Å². The van der Waals surface area contributed by atoms with Gasteiger partial charge in [-0.3, -0.25) is 9.89 Å². The molecule has 0 amide bonds. The van der Waals surface area contributed by atoms with Crippen LogP contribution in [0.2, 0.25) is 0 Å². The summed E-state index contributed by atoms with van der Waals surface area (Å²) in [4.78, 5) is 10.4. The second-order valence-corrected chi connectivity index (χ2v) is 3.18. The van der Waals surface area contributed by atoms with Crippen molar-refractivity contribution >= 4 is 23.5 Å². The predicted molar refractivity (Wildman–Crippen MR) is 54.7 cm³/mol. The summed E-state index contributed by atoms with van der Waals surface area (Å²) in [5, 5.41) is 0. The summed E-state index contributed by atoms with van der Waals surface area (Å²) in [5.74, 6) is 0. The summed E-state index contributed by atoms with van der Waals surface area (Å²) in [6.45, 7) is 1.67. The molecule has 2 aromatic rings. The zero-order valence-corrected chi connectivity index (χ0v) is 7.55. The maximum atomic E-state index is 5.58. The summed E-state index contributed by atoms with van der Waals surface area (Å²) in [7, 11) is 0. The molecule has 70 valence electrons. The highest BCUT2D eigenvalue weighted by atomic mass is 16.4. The van der Waals surface area contributed by atoms with Crippen LogP contribution in [0.4, 0.5) is 6.01 Å². The standard InChI is InChI=1S/C10H9N3O/c1-2-4-9-8(3-1)12-10(14-9)13-6-5-11-7-13/h1-4,7H,5-6H2. The van der Waals surface area contributed by atoms with Crippen molar-refractivity contribution in [1.82, 2.24) is 4.98 Å². The van der Waals surface area contributed by atoms with E-state index in [-0.39, 0.29) is 0 Å². The molecule has 2 heterocycles. The van der Waals surface area contributed by atoms with Gasteiger partial charge in [0.15, 0.2) is 5.58 Å². The van der Waals surface area contributed by atoms with E-state index < -0.39 is 0 Å². The lowest BCUT2D eigenvalue weighted by molar-refractivity contribution is 0.602. The van der Waals surface area contributed by atoms with Crippen LogP contribution in [0.15, 0.2) is 33.7 Å². The molecule has 1 aromatic carbocycles. The van der Waals surface area contributed by atoms with Crippen molar-refractivity contribution in [3.05, 3.63) is 24.3 Å². The molecule has 0 fully saturated rings. The highest BCUT2D eigenvalue weighted by molar-refractivity contribution is 5.81. The number of nitrogens with zero attached hydrogens (tertiary/aromatic N) is 3. The topological polar surface area (TPSA) is 41.6 Å². The van der Waals surface area contributed by atoms with Crippen molar-refractivity contribution in [3.8, 4) is 0 Å². The Labute approximate surface area is 80.9 Å². The van der Waals surface area contributed by atoms with Crippen LogP contribution in [-0.4, -0.2) is 24.4 Å². The zero-order chi connectivity index (χ0) is 9.38. The molecule has 3 rings (SSSR count). The van der Waals surface area contributed by atoms with E-state index in [4.69, 9.17) is 4.42 Å². The minimum Gasteiger partial charge on any atom is -0.423 e. The third kappa shape index (κ3) is 1.08. The minimum absolute atomic E-state index is 0.632. The van der Waals surface area contributed by atoms with Crippen molar-refractivity contribution in [2.45, 2.75) is 0 Å². The number of benzene rings is 1. The monoisotopic (exact) mass is 187 g/mol. The summed E-state index contributed by atoms with van der Waals surface area (Å²) in [6, 6.07) is 8.38. The first-order valence-corrected chi connectivity index (χ1v) is 4.56. The second-order valence-electron chi connectivity index (χ2n) is 3.18. The van der Waals surface area contributed by atoms with E-state index in [1.807, 2.05) is 29.2 Å². The lowest BCUT2D eigenvalue weighted by atomic mass is 10.3. The van der Waals surface area contributed by atoms with E-state index in [1.165, 1.54) is 0 Å². The normalized spacial score (nSPS) is 15.6. The van der Waals surface area contributed by atoms with E-state index in [1.54, 1.807) is 6.34 Å². The van der Waals surface area contributed by atoms with E-state index in [2.05, 4.69) is 9.98 Å². The molecule has 1 aliphatic heterocycles. The molecule has 0 bridgehead atoms. The van der Waals surface area contributed by atoms with Crippen molar-refractivity contribution in [2.24, 2.45) is 4.99 Å². The average Bonchev–Trinajstić information content (AvgIpc) is 2.86. The van der Waals surface area contributed by atoms with Gasteiger partial charge in [-0.25, -0.2) is 0 Å². The molecule has 0 saturated heterocycles. The van der Waals surface area contributed by atoms with E-state index in [9.17, 15) is 0 Å². The van der Waals surface area contributed by atoms with Crippen molar-refractivity contribution in [2.75, 3.05) is 18.0 Å². The van der Waals surface area contributed by atoms with Crippen LogP contribution in [0.3, 0.4) is 0 Å². The molecule has 0 saturated carbocycles. The Morgan fingerprint density at radius 3 is 3.00 bits per heavy atom. The van der Waals surface area contributed by atoms with Crippen LogP contribution >= 0.6 is 0 Å². The molecular weight excluding hydrogens is 178 g/mol. The first-order chi connectivity index (χ1) is 6.93. The fourth-order valence-corrected chi connectivity index (χ4v) is 1.51. The molecular formula is C10H9N3O. The third-order valence-electron chi connectivity index (χ3n) is 2.22. The van der Waals surface area contributed by atoms with Gasteiger partial charge in [0.2, 0.25) is 0 Å². The molecule has 1 aliphatic rings. The number of hydrogen-bond acceptors (Lipinski definition) is 4. The van der Waals surface area contributed by atoms with Crippen LogP contribution in [0.5, 0.6) is 0 Å². The van der Waals surface area contributed by atoms with Gasteiger partial charge in [0.25, 0.3) is 0 Å². The number of oxazole rings is 1. The van der Waals surface area contributed by atoms with E-state index >= 15 is 0 Å². The van der Waals surface area contributed by atoms with Gasteiger partial charge in [-0.05, 0) is 12.1 Å². The fourth-order valence-electron chi connectivity index (χ4n) is 1.51. The number of aromatic nitrogens is 1. The maximum absolute atomic E-state index is 5.58. The average molecular weight is 187 g/mol. The lowest BCUT2D eigenvalue weighted by Gasteiger charge is -2.05. The summed E-state index contributed by atoms with van der Waals surface area (Å²) in [5.41, 5.74) is 1.71. The highest BCUT2D eigenvalue weighted by Crippen LogP contribution is 2.21. The SMILES string of the molecule is C1=NCCN1c1nc2ccccc2o1. The van der Waals surface area contributed by atoms with Gasteiger partial charge in [0, 0.05) is 6.54 Å². The van der Waals surface area contributed by atoms with E-state index in [0.29, 0.717) is 6.01 Å². The van der Waals surface area contributed by atoms with Gasteiger partial charge in [-0.15, -0.1) is 0 Å². The summed E-state index contributed by atoms with van der Waals surface area (Å²) in [6.07, 6.45) is 1.77. The Hall–Kier alpha value is -1.84. The Kier molecular flexibility index (Phi) is 1.53. The largest absolute Gasteiger partial charge is 0.423 e. The smallest absolute Gasteiger partial charge is 0.303 e. The molecule has 0 spiro atoms. The second kappa shape index (κ2) is 2.83. The van der Waals surface area contributed by atoms with Gasteiger partial charge in [-0.2, -0.15) is 4.98 Å². The van der Waals surface area contributed by atoms with Gasteiger partial charge in [-0.1, -0.05) is 12.1 Å². The van der Waals surface area contributed by atoms with Crippen molar-refractivity contribution in [3.63, 3.8) is 0 Å². The number of anilines is 1. The Morgan fingerprint density at radius 1 is 1.29 bits per heavy atom. The van der Waals surface area contributed by atoms with Crippen LogP contribution in [0.25, 0.3) is 11.1 Å². The van der Waals surface area contributed by atoms with Crippen molar-refractivity contribution in [1.29, 1.82) is 0 Å². The first kappa shape index (κ1) is 7.55. The molecule has 14 heavy (non-hydrogen) atoms. The maximum Gasteiger partial charge on any atom is 0.303 e. The van der Waals surface area contributed by atoms with Crippen LogP contribution in [-0.2, 0) is 0 Å². The lowest BCUT2D eigenvalue weighted by Crippen LogP contribution is -2.18. The summed E-state index contributed by atoms with van der Waals surface area (Å²) < 4.78 is 5.58. The molecule has 4 nitrogen and oxygen atoms in total. The van der Waals surface area contributed by atoms with Gasteiger partial charge >= 0.3 is 6.01 Å². The number of aliphatic imine (C=N–C) groups is 1. The molecule has 0 radical (unpaired) electrons. The van der Waals surface area contributed by atoms with Crippen LogP contribution in [0, 0.1) is 0 Å². The number of fused-ring (bicyclic) bond motifs is 1. The minimum atomic E-state index is 0.632. The van der Waals surface area contributed by atoms with E-state index in [0.717, 1.165) is 24.2 Å². The summed E-state index contributed by atoms with van der Waals surface area (Å²) >= 11 is 0. The molecule has 1 aromatic heterocycles. The zero-order valence-electron chi connectivity index (χ0n) is 7.55. The predicted octanol–water partition coefficient (Wildman–Crippen LogP) is 1.68.